The van der Waals surface area contributed by atoms with Crippen molar-refractivity contribution in [1.82, 2.24) is 9.97 Å². The summed E-state index contributed by atoms with van der Waals surface area (Å²) >= 11 is 0. The molecule has 0 amide bonds. The SMILES string of the molecule is O=C(O)C1(Nc2ncnc3c2CCC3)CCCCC1. The van der Waals surface area contributed by atoms with Gasteiger partial charge in [0, 0.05) is 11.3 Å². The van der Waals surface area contributed by atoms with Crippen molar-refractivity contribution >= 4 is 11.8 Å². The molecule has 0 atom stereocenters. The largest absolute Gasteiger partial charge is 0.480 e. The van der Waals surface area contributed by atoms with E-state index in [1.165, 1.54) is 0 Å². The van der Waals surface area contributed by atoms with Crippen LogP contribution in [0.15, 0.2) is 6.33 Å². The van der Waals surface area contributed by atoms with E-state index < -0.39 is 11.5 Å². The number of fused-ring (bicyclic) bond motifs is 1. The standard InChI is InChI=1S/C14H19N3O2/c18-13(19)14(7-2-1-3-8-14)17-12-10-5-4-6-11(10)15-9-16-12/h9H,1-8H2,(H,18,19)(H,15,16,17). The smallest absolute Gasteiger partial charge is 0.329 e. The van der Waals surface area contributed by atoms with Gasteiger partial charge >= 0.3 is 5.97 Å². The van der Waals surface area contributed by atoms with Crippen molar-refractivity contribution in [3.63, 3.8) is 0 Å². The Balaban J connectivity index is 1.90. The molecule has 1 fully saturated rings. The molecular weight excluding hydrogens is 242 g/mol. The number of carbonyl (C=O) groups is 1. The summed E-state index contributed by atoms with van der Waals surface area (Å²) in [5.74, 6) is -0.00985. The number of aryl methyl sites for hydroxylation is 1. The fraction of sp³-hybridized carbons (Fsp3) is 0.643. The average Bonchev–Trinajstić information content (AvgIpc) is 2.89. The summed E-state index contributed by atoms with van der Waals surface area (Å²) in [5.41, 5.74) is 1.37. The van der Waals surface area contributed by atoms with Crippen molar-refractivity contribution in [1.29, 1.82) is 0 Å². The quantitative estimate of drug-likeness (QED) is 0.872. The van der Waals surface area contributed by atoms with Gasteiger partial charge in [-0.25, -0.2) is 14.8 Å². The molecule has 5 heteroatoms. The first-order valence-electron chi connectivity index (χ1n) is 7.06. The number of carboxylic acids is 1. The Kier molecular flexibility index (Phi) is 3.12. The minimum Gasteiger partial charge on any atom is -0.480 e. The third kappa shape index (κ3) is 2.17. The number of hydrogen-bond donors (Lipinski definition) is 2. The molecule has 102 valence electrons. The van der Waals surface area contributed by atoms with Gasteiger partial charge in [0.25, 0.3) is 0 Å². The molecule has 1 heterocycles. The van der Waals surface area contributed by atoms with Crippen molar-refractivity contribution < 1.29 is 9.90 Å². The first-order valence-corrected chi connectivity index (χ1v) is 7.06. The van der Waals surface area contributed by atoms with Gasteiger partial charge in [-0.05, 0) is 32.1 Å². The molecule has 2 aliphatic rings. The zero-order chi connectivity index (χ0) is 13.3. The number of aromatic nitrogens is 2. The number of hydrogen-bond acceptors (Lipinski definition) is 4. The Morgan fingerprint density at radius 1 is 1.16 bits per heavy atom. The Labute approximate surface area is 112 Å². The molecule has 19 heavy (non-hydrogen) atoms. The van der Waals surface area contributed by atoms with Crippen LogP contribution >= 0.6 is 0 Å². The molecular formula is C14H19N3O2. The lowest BCUT2D eigenvalue weighted by atomic mass is 9.81. The highest BCUT2D eigenvalue weighted by atomic mass is 16.4. The van der Waals surface area contributed by atoms with Crippen molar-refractivity contribution in [3.05, 3.63) is 17.6 Å². The molecule has 1 aromatic rings. The molecule has 0 unspecified atom stereocenters. The number of aliphatic carboxylic acids is 1. The molecule has 2 N–H and O–H groups in total. The zero-order valence-electron chi connectivity index (χ0n) is 11.0. The van der Waals surface area contributed by atoms with Crippen LogP contribution in [0.1, 0.15) is 49.8 Å². The van der Waals surface area contributed by atoms with Gasteiger partial charge in [0.2, 0.25) is 0 Å². The van der Waals surface area contributed by atoms with Gasteiger partial charge < -0.3 is 10.4 Å². The van der Waals surface area contributed by atoms with E-state index >= 15 is 0 Å². The normalized spacial score (nSPS) is 20.8. The second kappa shape index (κ2) is 4.79. The number of rotatable bonds is 3. The monoisotopic (exact) mass is 261 g/mol. The summed E-state index contributed by atoms with van der Waals surface area (Å²) in [6.45, 7) is 0. The van der Waals surface area contributed by atoms with E-state index in [-0.39, 0.29) is 0 Å². The first-order chi connectivity index (χ1) is 9.21. The highest BCUT2D eigenvalue weighted by Crippen LogP contribution is 2.34. The maximum Gasteiger partial charge on any atom is 0.329 e. The van der Waals surface area contributed by atoms with E-state index in [0.717, 1.165) is 55.6 Å². The Morgan fingerprint density at radius 2 is 1.95 bits per heavy atom. The molecule has 1 aromatic heterocycles. The van der Waals surface area contributed by atoms with Crippen LogP contribution in [-0.4, -0.2) is 26.6 Å². The van der Waals surface area contributed by atoms with Gasteiger partial charge in [0.15, 0.2) is 0 Å². The van der Waals surface area contributed by atoms with Crippen LogP contribution in [0, 0.1) is 0 Å². The Morgan fingerprint density at radius 3 is 2.68 bits per heavy atom. The molecule has 0 bridgehead atoms. The van der Waals surface area contributed by atoms with Crippen molar-refractivity contribution in [2.45, 2.75) is 56.9 Å². The van der Waals surface area contributed by atoms with Crippen LogP contribution < -0.4 is 5.32 Å². The Bertz CT molecular complexity index is 495. The van der Waals surface area contributed by atoms with E-state index in [2.05, 4.69) is 15.3 Å². The van der Waals surface area contributed by atoms with E-state index in [1.807, 2.05) is 0 Å². The molecule has 0 saturated heterocycles. The summed E-state index contributed by atoms with van der Waals surface area (Å²) in [7, 11) is 0. The number of nitrogens with zero attached hydrogens (tertiary/aromatic N) is 2. The lowest BCUT2D eigenvalue weighted by Crippen LogP contribution is -2.48. The van der Waals surface area contributed by atoms with Gasteiger partial charge in [-0.1, -0.05) is 19.3 Å². The predicted molar refractivity (Wildman–Crippen MR) is 71.1 cm³/mol. The fourth-order valence-corrected chi connectivity index (χ4v) is 3.24. The van der Waals surface area contributed by atoms with Crippen LogP contribution in [0.5, 0.6) is 0 Å². The third-order valence-electron chi connectivity index (χ3n) is 4.35. The summed E-state index contributed by atoms with van der Waals surface area (Å²) in [4.78, 5) is 20.2. The second-order valence-electron chi connectivity index (χ2n) is 5.57. The average molecular weight is 261 g/mol. The fourth-order valence-electron chi connectivity index (χ4n) is 3.24. The van der Waals surface area contributed by atoms with Crippen LogP contribution in [0.2, 0.25) is 0 Å². The molecule has 0 spiro atoms. The lowest BCUT2D eigenvalue weighted by Gasteiger charge is -2.34. The van der Waals surface area contributed by atoms with Crippen LogP contribution in [0.25, 0.3) is 0 Å². The second-order valence-corrected chi connectivity index (χ2v) is 5.57. The summed E-state index contributed by atoms with van der Waals surface area (Å²) in [5, 5.41) is 12.8. The minimum atomic E-state index is -0.830. The zero-order valence-corrected chi connectivity index (χ0v) is 11.0. The first kappa shape index (κ1) is 12.4. The van der Waals surface area contributed by atoms with E-state index in [1.54, 1.807) is 6.33 Å². The molecule has 2 aliphatic carbocycles. The maximum atomic E-state index is 11.7. The van der Waals surface area contributed by atoms with Crippen LogP contribution in [-0.2, 0) is 17.6 Å². The number of anilines is 1. The van der Waals surface area contributed by atoms with E-state index in [9.17, 15) is 9.90 Å². The third-order valence-corrected chi connectivity index (χ3v) is 4.35. The van der Waals surface area contributed by atoms with Gasteiger partial charge in [-0.2, -0.15) is 0 Å². The van der Waals surface area contributed by atoms with Gasteiger partial charge in [-0.15, -0.1) is 0 Å². The molecule has 3 rings (SSSR count). The number of carboxylic acid groups (broad SMARTS) is 1. The predicted octanol–water partition coefficient (Wildman–Crippen LogP) is 2.16. The summed E-state index contributed by atoms with van der Waals surface area (Å²) < 4.78 is 0. The highest BCUT2D eigenvalue weighted by molar-refractivity contribution is 5.83. The van der Waals surface area contributed by atoms with Gasteiger partial charge in [-0.3, -0.25) is 0 Å². The van der Waals surface area contributed by atoms with Gasteiger partial charge in [0.1, 0.15) is 17.7 Å². The highest BCUT2D eigenvalue weighted by Gasteiger charge is 2.40. The number of nitrogens with one attached hydrogen (secondary N) is 1. The molecule has 0 aromatic carbocycles. The molecule has 0 radical (unpaired) electrons. The lowest BCUT2D eigenvalue weighted by molar-refractivity contribution is -0.143. The molecule has 0 aliphatic heterocycles. The summed E-state index contributed by atoms with van der Waals surface area (Å²) in [6.07, 6.45) is 8.98. The minimum absolute atomic E-state index is 0.682. The van der Waals surface area contributed by atoms with Crippen LogP contribution in [0.4, 0.5) is 5.82 Å². The van der Waals surface area contributed by atoms with Crippen LogP contribution in [0.3, 0.4) is 0 Å². The van der Waals surface area contributed by atoms with Gasteiger partial charge in [0.05, 0.1) is 0 Å². The van der Waals surface area contributed by atoms with Crippen molar-refractivity contribution in [2.75, 3.05) is 5.32 Å². The van der Waals surface area contributed by atoms with E-state index in [4.69, 9.17) is 0 Å². The molecule has 5 nitrogen and oxygen atoms in total. The topological polar surface area (TPSA) is 75.1 Å². The summed E-state index contributed by atoms with van der Waals surface area (Å²) in [6, 6.07) is 0. The van der Waals surface area contributed by atoms with E-state index in [0.29, 0.717) is 12.8 Å². The molecule has 1 saturated carbocycles. The van der Waals surface area contributed by atoms with Crippen molar-refractivity contribution in [2.24, 2.45) is 0 Å². The maximum absolute atomic E-state index is 11.7. The Hall–Kier alpha value is -1.65. The van der Waals surface area contributed by atoms with Crippen molar-refractivity contribution in [3.8, 4) is 0 Å².